The summed E-state index contributed by atoms with van der Waals surface area (Å²) in [6, 6.07) is 18.7. The maximum absolute atomic E-state index is 13.1. The second kappa shape index (κ2) is 10.7. The number of carbonyl (C=O) groups excluding carboxylic acids is 1. The van der Waals surface area contributed by atoms with Crippen molar-refractivity contribution in [3.05, 3.63) is 71.2 Å². The number of fused-ring (bicyclic) bond motifs is 1. The minimum absolute atomic E-state index is 0.136. The molecule has 0 aliphatic rings. The number of nitrogens with zero attached hydrogens (tertiary/aromatic N) is 2. The van der Waals surface area contributed by atoms with Crippen molar-refractivity contribution in [3.63, 3.8) is 0 Å². The highest BCUT2D eigenvalue weighted by Crippen LogP contribution is 2.39. The second-order valence-corrected chi connectivity index (χ2v) is 8.47. The molecule has 0 saturated carbocycles. The van der Waals surface area contributed by atoms with E-state index in [2.05, 4.69) is 5.32 Å². The van der Waals surface area contributed by atoms with Crippen molar-refractivity contribution in [2.24, 2.45) is 0 Å². The van der Waals surface area contributed by atoms with Crippen LogP contribution < -0.4 is 19.5 Å². The van der Waals surface area contributed by atoms with Crippen molar-refractivity contribution in [2.75, 3.05) is 27.9 Å². The maximum Gasteiger partial charge on any atom is 0.244 e. The summed E-state index contributed by atoms with van der Waals surface area (Å²) < 4.78 is 18.1. The standard InChI is InChI=1S/C27H28ClN3O4/c1-17(27(32)29-15-14-19-10-13-23(33-2)26(35-4)25(19)34-3)31-22-12-11-20(28)16-21(22)24(30-31)18-8-6-5-7-9-18/h5-13,16-17H,14-15H2,1-4H3,(H,29,32)/t17-/m0/s1. The second-order valence-electron chi connectivity index (χ2n) is 8.03. The third-order valence-electron chi connectivity index (χ3n) is 5.94. The van der Waals surface area contributed by atoms with Crippen molar-refractivity contribution >= 4 is 28.4 Å². The Morgan fingerprint density at radius 3 is 2.43 bits per heavy atom. The maximum atomic E-state index is 13.1. The third kappa shape index (κ3) is 4.91. The van der Waals surface area contributed by atoms with Crippen molar-refractivity contribution in [1.82, 2.24) is 15.1 Å². The largest absolute Gasteiger partial charge is 0.493 e. The van der Waals surface area contributed by atoms with E-state index in [1.165, 1.54) is 0 Å². The SMILES string of the molecule is COc1ccc(CCNC(=O)[C@H](C)n2nc(-c3ccccc3)c3cc(Cl)ccc32)c(OC)c1OC. The first kappa shape index (κ1) is 24.4. The van der Waals surface area contributed by atoms with Crippen LogP contribution in [0.4, 0.5) is 0 Å². The summed E-state index contributed by atoms with van der Waals surface area (Å²) in [4.78, 5) is 13.1. The molecule has 0 saturated heterocycles. The highest BCUT2D eigenvalue weighted by atomic mass is 35.5. The molecular formula is C27H28ClN3O4. The molecule has 0 radical (unpaired) electrons. The average molecular weight is 494 g/mol. The number of hydrogen-bond donors (Lipinski definition) is 1. The molecule has 0 aliphatic carbocycles. The van der Waals surface area contributed by atoms with E-state index in [1.54, 1.807) is 26.0 Å². The van der Waals surface area contributed by atoms with E-state index in [1.807, 2.05) is 67.6 Å². The van der Waals surface area contributed by atoms with Crippen LogP contribution in [0.15, 0.2) is 60.7 Å². The first-order valence-corrected chi connectivity index (χ1v) is 11.6. The number of carbonyl (C=O) groups is 1. The molecule has 1 N–H and O–H groups in total. The van der Waals surface area contributed by atoms with Crippen LogP contribution in [0.3, 0.4) is 0 Å². The Morgan fingerprint density at radius 2 is 1.74 bits per heavy atom. The number of amides is 1. The van der Waals surface area contributed by atoms with Crippen LogP contribution in [0, 0.1) is 0 Å². The summed E-state index contributed by atoms with van der Waals surface area (Å²) in [6.07, 6.45) is 0.562. The van der Waals surface area contributed by atoms with Crippen LogP contribution in [0.25, 0.3) is 22.2 Å². The van der Waals surface area contributed by atoms with Crippen LogP contribution in [0.2, 0.25) is 5.02 Å². The summed E-state index contributed by atoms with van der Waals surface area (Å²) in [5.41, 5.74) is 3.51. The van der Waals surface area contributed by atoms with Crippen molar-refractivity contribution in [1.29, 1.82) is 0 Å². The molecule has 1 amide bonds. The predicted molar refractivity (Wildman–Crippen MR) is 138 cm³/mol. The Morgan fingerprint density at radius 1 is 1.00 bits per heavy atom. The average Bonchev–Trinajstić information content (AvgIpc) is 3.26. The minimum atomic E-state index is -0.525. The van der Waals surface area contributed by atoms with Crippen LogP contribution in [-0.2, 0) is 11.2 Å². The van der Waals surface area contributed by atoms with E-state index < -0.39 is 6.04 Å². The molecule has 1 aromatic heterocycles. The lowest BCUT2D eigenvalue weighted by Gasteiger charge is -2.17. The summed E-state index contributed by atoms with van der Waals surface area (Å²) in [5.74, 6) is 1.58. The quantitative estimate of drug-likeness (QED) is 0.342. The van der Waals surface area contributed by atoms with Gasteiger partial charge < -0.3 is 19.5 Å². The number of rotatable bonds is 9. The Labute approximate surface area is 209 Å². The molecule has 0 bridgehead atoms. The highest BCUT2D eigenvalue weighted by molar-refractivity contribution is 6.31. The van der Waals surface area contributed by atoms with Gasteiger partial charge in [-0.25, -0.2) is 0 Å². The number of aromatic nitrogens is 2. The topological polar surface area (TPSA) is 74.6 Å². The molecule has 1 atom stereocenters. The van der Waals surface area contributed by atoms with Gasteiger partial charge in [-0.1, -0.05) is 48.0 Å². The van der Waals surface area contributed by atoms with Gasteiger partial charge in [0.25, 0.3) is 0 Å². The summed E-state index contributed by atoms with van der Waals surface area (Å²) in [7, 11) is 4.73. The van der Waals surface area contributed by atoms with Crippen molar-refractivity contribution in [2.45, 2.75) is 19.4 Å². The van der Waals surface area contributed by atoms with Crippen LogP contribution >= 0.6 is 11.6 Å². The van der Waals surface area contributed by atoms with Gasteiger partial charge in [0, 0.05) is 28.1 Å². The first-order valence-electron chi connectivity index (χ1n) is 11.3. The minimum Gasteiger partial charge on any atom is -0.493 e. The van der Waals surface area contributed by atoms with Gasteiger partial charge in [0.2, 0.25) is 11.7 Å². The Bertz CT molecular complexity index is 1340. The molecule has 182 valence electrons. The van der Waals surface area contributed by atoms with Gasteiger partial charge in [0.15, 0.2) is 11.5 Å². The molecule has 3 aromatic carbocycles. The lowest BCUT2D eigenvalue weighted by Crippen LogP contribution is -2.33. The van der Waals surface area contributed by atoms with E-state index in [9.17, 15) is 4.79 Å². The number of benzene rings is 3. The van der Waals surface area contributed by atoms with Crippen LogP contribution in [0.5, 0.6) is 17.2 Å². The summed E-state index contributed by atoms with van der Waals surface area (Å²) >= 11 is 6.28. The van der Waals surface area contributed by atoms with Crippen LogP contribution in [-0.4, -0.2) is 43.6 Å². The van der Waals surface area contributed by atoms with Gasteiger partial charge in [0.05, 0.1) is 26.8 Å². The normalized spacial score (nSPS) is 11.8. The van der Waals surface area contributed by atoms with E-state index in [0.29, 0.717) is 35.2 Å². The fraction of sp³-hybridized carbons (Fsp3) is 0.259. The lowest BCUT2D eigenvalue weighted by atomic mass is 10.1. The van der Waals surface area contributed by atoms with E-state index in [4.69, 9.17) is 30.9 Å². The highest BCUT2D eigenvalue weighted by Gasteiger charge is 2.22. The number of nitrogens with one attached hydrogen (secondary N) is 1. The molecule has 4 rings (SSSR count). The molecule has 1 heterocycles. The smallest absolute Gasteiger partial charge is 0.244 e. The van der Waals surface area contributed by atoms with Gasteiger partial charge in [-0.15, -0.1) is 0 Å². The molecule has 8 heteroatoms. The molecule has 35 heavy (non-hydrogen) atoms. The van der Waals surface area contributed by atoms with Crippen molar-refractivity contribution in [3.8, 4) is 28.5 Å². The van der Waals surface area contributed by atoms with Gasteiger partial charge in [0.1, 0.15) is 11.7 Å². The molecule has 0 fully saturated rings. The first-order chi connectivity index (χ1) is 17.0. The molecular weight excluding hydrogens is 466 g/mol. The van der Waals surface area contributed by atoms with Crippen molar-refractivity contribution < 1.29 is 19.0 Å². The molecule has 7 nitrogen and oxygen atoms in total. The van der Waals surface area contributed by atoms with Crippen LogP contribution in [0.1, 0.15) is 18.5 Å². The van der Waals surface area contributed by atoms with Gasteiger partial charge in [-0.2, -0.15) is 5.10 Å². The fourth-order valence-electron chi connectivity index (χ4n) is 4.16. The van der Waals surface area contributed by atoms with E-state index in [0.717, 1.165) is 27.7 Å². The summed E-state index contributed by atoms with van der Waals surface area (Å²) in [5, 5.41) is 9.34. The van der Waals surface area contributed by atoms with Gasteiger partial charge in [-0.3, -0.25) is 9.48 Å². The Balaban J connectivity index is 1.54. The zero-order valence-corrected chi connectivity index (χ0v) is 20.9. The molecule has 0 spiro atoms. The zero-order valence-electron chi connectivity index (χ0n) is 20.2. The van der Waals surface area contributed by atoms with Gasteiger partial charge >= 0.3 is 0 Å². The Kier molecular flexibility index (Phi) is 7.46. The summed E-state index contributed by atoms with van der Waals surface area (Å²) in [6.45, 7) is 2.26. The number of methoxy groups -OCH3 is 3. The number of halogens is 1. The number of ether oxygens (including phenoxy) is 3. The molecule has 0 unspecified atom stereocenters. The lowest BCUT2D eigenvalue weighted by molar-refractivity contribution is -0.124. The van der Waals surface area contributed by atoms with E-state index >= 15 is 0 Å². The number of hydrogen-bond acceptors (Lipinski definition) is 5. The Hall–Kier alpha value is -3.71. The van der Waals surface area contributed by atoms with E-state index in [-0.39, 0.29) is 5.91 Å². The van der Waals surface area contributed by atoms with Gasteiger partial charge in [-0.05, 0) is 37.6 Å². The monoisotopic (exact) mass is 493 g/mol. The molecule has 0 aliphatic heterocycles. The third-order valence-corrected chi connectivity index (χ3v) is 6.18. The molecule has 4 aromatic rings. The fourth-order valence-corrected chi connectivity index (χ4v) is 4.33. The zero-order chi connectivity index (χ0) is 24.9. The predicted octanol–water partition coefficient (Wildman–Crippen LogP) is 5.30.